The molecule has 1 atom stereocenters. The minimum absolute atomic E-state index is 0.0330. The van der Waals surface area contributed by atoms with E-state index in [4.69, 9.17) is 4.74 Å². The van der Waals surface area contributed by atoms with Crippen LogP contribution in [0.3, 0.4) is 0 Å². The van der Waals surface area contributed by atoms with E-state index >= 15 is 4.39 Å². The summed E-state index contributed by atoms with van der Waals surface area (Å²) in [7, 11) is -4.28. The molecular weight excluding hydrogens is 417 g/mol. The number of anilines is 1. The van der Waals surface area contributed by atoms with Gasteiger partial charge in [0.1, 0.15) is 23.6 Å². The Bertz CT molecular complexity index is 1030. The molecule has 11 heteroatoms. The van der Waals surface area contributed by atoms with Gasteiger partial charge in [-0.15, -0.1) is 0 Å². The summed E-state index contributed by atoms with van der Waals surface area (Å²) in [5.74, 6) is -2.41. The van der Waals surface area contributed by atoms with Gasteiger partial charge in [0.05, 0.1) is 0 Å². The molecule has 2 aliphatic rings. The Morgan fingerprint density at radius 3 is 2.57 bits per heavy atom. The van der Waals surface area contributed by atoms with Crippen molar-refractivity contribution in [2.45, 2.75) is 45.8 Å². The second-order valence-corrected chi connectivity index (χ2v) is 9.93. The number of aromatic hydroxyl groups is 1. The van der Waals surface area contributed by atoms with Gasteiger partial charge in [-0.1, -0.05) is 6.08 Å². The van der Waals surface area contributed by atoms with E-state index in [0.717, 1.165) is 11.6 Å². The first kappa shape index (κ1) is 21.9. The lowest BCUT2D eigenvalue weighted by atomic mass is 10.1. The van der Waals surface area contributed by atoms with Crippen LogP contribution in [0, 0.1) is 5.82 Å². The molecule has 2 aliphatic heterocycles. The zero-order valence-electron chi connectivity index (χ0n) is 17.1. The monoisotopic (exact) mass is 441 g/mol. The Labute approximate surface area is 174 Å². The third kappa shape index (κ3) is 4.35. The second kappa shape index (κ2) is 7.46. The molecule has 1 aromatic carbocycles. The number of carbonyl (C=O) groups excluding carboxylic acids is 2. The summed E-state index contributed by atoms with van der Waals surface area (Å²) in [6.07, 6.45) is 1.52. The quantitative estimate of drug-likeness (QED) is 0.726. The highest BCUT2D eigenvalue weighted by Crippen LogP contribution is 2.36. The number of phenols is 1. The molecule has 0 bridgehead atoms. The van der Waals surface area contributed by atoms with Gasteiger partial charge in [0.2, 0.25) is 0 Å². The van der Waals surface area contributed by atoms with E-state index in [2.05, 4.69) is 0 Å². The van der Waals surface area contributed by atoms with Crippen molar-refractivity contribution in [1.29, 1.82) is 0 Å². The summed E-state index contributed by atoms with van der Waals surface area (Å²) < 4.78 is 46.9. The highest BCUT2D eigenvalue weighted by Gasteiger charge is 2.38. The second-order valence-electron chi connectivity index (χ2n) is 8.34. The predicted octanol–water partition coefficient (Wildman–Crippen LogP) is 2.12. The number of carbonyl (C=O) groups is 2. The van der Waals surface area contributed by atoms with Crippen LogP contribution >= 0.6 is 0 Å². The van der Waals surface area contributed by atoms with Crippen molar-refractivity contribution >= 4 is 34.0 Å². The summed E-state index contributed by atoms with van der Waals surface area (Å²) in [4.78, 5) is 25.4. The first-order chi connectivity index (χ1) is 13.8. The lowest BCUT2D eigenvalue weighted by Gasteiger charge is -2.26. The van der Waals surface area contributed by atoms with E-state index < -0.39 is 51.6 Å². The average Bonchev–Trinajstić information content (AvgIpc) is 3.07. The van der Waals surface area contributed by atoms with E-state index in [0.29, 0.717) is 10.7 Å². The molecular formula is C19H24FN3O6S. The minimum atomic E-state index is -4.28. The largest absolute Gasteiger partial charge is 0.506 e. The molecule has 0 unspecified atom stereocenters. The molecule has 9 nitrogen and oxygen atoms in total. The zero-order valence-corrected chi connectivity index (χ0v) is 17.9. The molecule has 1 aromatic rings. The Morgan fingerprint density at radius 1 is 1.33 bits per heavy atom. The lowest BCUT2D eigenvalue weighted by molar-refractivity contribution is -0.117. The Hall–Kier alpha value is -2.82. The van der Waals surface area contributed by atoms with E-state index in [1.807, 2.05) is 6.92 Å². The number of halogens is 1. The van der Waals surface area contributed by atoms with Gasteiger partial charge >= 0.3 is 16.3 Å². The molecule has 2 fully saturated rings. The fourth-order valence-corrected chi connectivity index (χ4v) is 4.55. The molecule has 0 aromatic heterocycles. The van der Waals surface area contributed by atoms with Crippen LogP contribution in [0.4, 0.5) is 14.9 Å². The lowest BCUT2D eigenvalue weighted by Crippen LogP contribution is -2.38. The number of benzene rings is 1. The van der Waals surface area contributed by atoms with E-state index in [1.165, 1.54) is 17.0 Å². The Kier molecular flexibility index (Phi) is 5.44. The molecule has 164 valence electrons. The number of nitrogens with one attached hydrogen (secondary N) is 1. The van der Waals surface area contributed by atoms with Crippen molar-refractivity contribution < 1.29 is 32.2 Å². The van der Waals surface area contributed by atoms with Crippen LogP contribution in [0.5, 0.6) is 5.75 Å². The SMILES string of the molecule is C[C@@H]1CC(=Cc2ccc(O)c(N3CC(=O)NS3(=O)=O)c2F)CN1C(=O)OC(C)(C)C. The van der Waals surface area contributed by atoms with E-state index in [9.17, 15) is 23.1 Å². The van der Waals surface area contributed by atoms with Crippen molar-refractivity contribution in [2.24, 2.45) is 0 Å². The van der Waals surface area contributed by atoms with Gasteiger partial charge in [-0.25, -0.2) is 18.2 Å². The van der Waals surface area contributed by atoms with Crippen molar-refractivity contribution in [3.05, 3.63) is 29.1 Å². The van der Waals surface area contributed by atoms with Gasteiger partial charge < -0.3 is 14.7 Å². The van der Waals surface area contributed by atoms with Gasteiger partial charge in [0, 0.05) is 18.2 Å². The molecule has 2 N–H and O–H groups in total. The van der Waals surface area contributed by atoms with Gasteiger partial charge in [-0.3, -0.25) is 4.79 Å². The van der Waals surface area contributed by atoms with Crippen LogP contribution < -0.4 is 9.03 Å². The first-order valence-electron chi connectivity index (χ1n) is 9.32. The summed E-state index contributed by atoms with van der Waals surface area (Å²) in [5.41, 5.74) is -0.473. The van der Waals surface area contributed by atoms with Gasteiger partial charge in [-0.2, -0.15) is 8.42 Å². The molecule has 2 amide bonds. The molecule has 2 saturated heterocycles. The molecule has 0 radical (unpaired) electrons. The molecule has 3 rings (SSSR count). The van der Waals surface area contributed by atoms with Crippen LogP contribution in [0.1, 0.15) is 39.7 Å². The number of ether oxygens (including phenoxy) is 1. The van der Waals surface area contributed by atoms with Crippen molar-refractivity contribution in [3.8, 4) is 5.75 Å². The van der Waals surface area contributed by atoms with Gasteiger partial charge in [0.25, 0.3) is 5.91 Å². The number of amides is 2. The number of rotatable bonds is 2. The Morgan fingerprint density at radius 2 is 2.00 bits per heavy atom. The highest BCUT2D eigenvalue weighted by atomic mass is 32.2. The smallest absolute Gasteiger partial charge is 0.410 e. The molecule has 0 aliphatic carbocycles. The third-order valence-corrected chi connectivity index (χ3v) is 6.02. The molecule has 0 saturated carbocycles. The summed E-state index contributed by atoms with van der Waals surface area (Å²) in [5, 5.41) is 10.0. The number of likely N-dealkylation sites (tertiary alicyclic amines) is 1. The molecule has 0 spiro atoms. The summed E-state index contributed by atoms with van der Waals surface area (Å²) in [6, 6.07) is 2.30. The van der Waals surface area contributed by atoms with Crippen LogP contribution in [-0.2, 0) is 19.7 Å². The zero-order chi connectivity index (χ0) is 22.4. The first-order valence-corrected chi connectivity index (χ1v) is 10.8. The standard InChI is InChI=1S/C19H24FN3O6S/c1-11-7-12(9-22(11)18(26)29-19(2,3)4)8-13-5-6-14(24)17(16(13)20)23-10-15(25)21-30(23,27)28/h5-6,8,11,24H,7,9-10H2,1-4H3,(H,21,25)/t11-/m1/s1. The van der Waals surface area contributed by atoms with Crippen molar-refractivity contribution in [3.63, 3.8) is 0 Å². The fourth-order valence-electron chi connectivity index (χ4n) is 3.38. The van der Waals surface area contributed by atoms with Crippen LogP contribution in [0.2, 0.25) is 0 Å². The Balaban J connectivity index is 1.90. The number of hydrogen-bond acceptors (Lipinski definition) is 6. The number of phenolic OH excluding ortho intramolecular Hbond substituents is 1. The maximum absolute atomic E-state index is 15.1. The number of nitrogens with zero attached hydrogens (tertiary/aromatic N) is 2. The molecule has 30 heavy (non-hydrogen) atoms. The van der Waals surface area contributed by atoms with E-state index in [-0.39, 0.29) is 18.2 Å². The van der Waals surface area contributed by atoms with Crippen LogP contribution in [-0.4, -0.2) is 55.2 Å². The topological polar surface area (TPSA) is 116 Å². The normalized spacial score (nSPS) is 22.5. The average molecular weight is 441 g/mol. The summed E-state index contributed by atoms with van der Waals surface area (Å²) in [6.45, 7) is 6.74. The third-order valence-electron chi connectivity index (χ3n) is 4.65. The maximum Gasteiger partial charge on any atom is 0.410 e. The highest BCUT2D eigenvalue weighted by molar-refractivity contribution is 7.92. The van der Waals surface area contributed by atoms with Crippen LogP contribution in [0.25, 0.3) is 6.08 Å². The minimum Gasteiger partial charge on any atom is -0.506 e. The summed E-state index contributed by atoms with van der Waals surface area (Å²) >= 11 is 0. The van der Waals surface area contributed by atoms with E-state index in [1.54, 1.807) is 25.5 Å². The van der Waals surface area contributed by atoms with Crippen molar-refractivity contribution in [1.82, 2.24) is 9.62 Å². The molecule has 2 heterocycles. The van der Waals surface area contributed by atoms with Crippen molar-refractivity contribution in [2.75, 3.05) is 17.4 Å². The van der Waals surface area contributed by atoms with Crippen LogP contribution in [0.15, 0.2) is 17.7 Å². The fraction of sp³-hybridized carbons (Fsp3) is 0.474. The maximum atomic E-state index is 15.1. The van der Waals surface area contributed by atoms with Gasteiger partial charge in [0.15, 0.2) is 5.82 Å². The predicted molar refractivity (Wildman–Crippen MR) is 107 cm³/mol. The van der Waals surface area contributed by atoms with Gasteiger partial charge in [-0.05, 0) is 51.8 Å². The number of hydrogen-bond donors (Lipinski definition) is 2.